The first-order valence-electron chi connectivity index (χ1n) is 6.62. The molecule has 0 saturated heterocycles. The molecule has 0 nitrogen and oxygen atoms in total. The van der Waals surface area contributed by atoms with Crippen molar-refractivity contribution in [2.75, 3.05) is 0 Å². The van der Waals surface area contributed by atoms with Gasteiger partial charge in [0.15, 0.2) is 0 Å². The van der Waals surface area contributed by atoms with Crippen molar-refractivity contribution in [2.45, 2.75) is 55.4 Å². The van der Waals surface area contributed by atoms with Gasteiger partial charge in [-0.3, -0.25) is 0 Å². The molecule has 1 atom stereocenters. The van der Waals surface area contributed by atoms with E-state index in [1.807, 2.05) is 0 Å². The Kier molecular flexibility index (Phi) is 3.76. The van der Waals surface area contributed by atoms with Crippen LogP contribution >= 0.6 is 0 Å². The monoisotopic (exact) mass is 232 g/mol. The smallest absolute Gasteiger partial charge is 0.000416 e. The molecule has 1 rings (SSSR count). The van der Waals surface area contributed by atoms with Gasteiger partial charge in [-0.2, -0.15) is 0 Å². The summed E-state index contributed by atoms with van der Waals surface area (Å²) in [5.74, 6) is 0.525. The Morgan fingerprint density at radius 3 is 1.88 bits per heavy atom. The average molecular weight is 232 g/mol. The van der Waals surface area contributed by atoms with Gasteiger partial charge in [0.05, 0.1) is 0 Å². The SMILES string of the molecule is CC1=CC(C(C)(C)C)C=CC(C)=C1C(C)(C)C. The lowest BCUT2D eigenvalue weighted by atomic mass is 9.77. The van der Waals surface area contributed by atoms with Crippen molar-refractivity contribution in [2.24, 2.45) is 16.7 Å². The van der Waals surface area contributed by atoms with Crippen LogP contribution in [0.3, 0.4) is 0 Å². The van der Waals surface area contributed by atoms with Gasteiger partial charge in [0.2, 0.25) is 0 Å². The van der Waals surface area contributed by atoms with Crippen LogP contribution < -0.4 is 0 Å². The Balaban J connectivity index is 3.25. The van der Waals surface area contributed by atoms with Crippen molar-refractivity contribution in [3.05, 3.63) is 34.9 Å². The third-order valence-corrected chi connectivity index (χ3v) is 3.52. The van der Waals surface area contributed by atoms with Crippen molar-refractivity contribution < 1.29 is 0 Å². The highest BCUT2D eigenvalue weighted by atomic mass is 14.3. The average Bonchev–Trinajstić information content (AvgIpc) is 2.21. The van der Waals surface area contributed by atoms with Crippen LogP contribution in [0, 0.1) is 16.7 Å². The number of allylic oxidation sites excluding steroid dienone is 6. The van der Waals surface area contributed by atoms with E-state index in [9.17, 15) is 0 Å². The second kappa shape index (κ2) is 4.48. The molecular weight excluding hydrogens is 204 g/mol. The summed E-state index contributed by atoms with van der Waals surface area (Å²) in [6.45, 7) is 18.3. The maximum atomic E-state index is 2.44. The molecule has 0 spiro atoms. The van der Waals surface area contributed by atoms with Crippen molar-refractivity contribution in [1.29, 1.82) is 0 Å². The molecule has 96 valence electrons. The zero-order chi connectivity index (χ0) is 13.4. The van der Waals surface area contributed by atoms with Crippen LogP contribution in [0.5, 0.6) is 0 Å². The largest absolute Gasteiger partial charge is 0.0768 e. The fourth-order valence-corrected chi connectivity index (χ4v) is 2.77. The Morgan fingerprint density at radius 2 is 1.47 bits per heavy atom. The Bertz CT molecular complexity index is 375. The normalized spacial score (nSPS) is 22.6. The summed E-state index contributed by atoms with van der Waals surface area (Å²) in [5.41, 5.74) is 4.88. The summed E-state index contributed by atoms with van der Waals surface area (Å²) in [6, 6.07) is 0. The van der Waals surface area contributed by atoms with Crippen molar-refractivity contribution in [1.82, 2.24) is 0 Å². The highest BCUT2D eigenvalue weighted by Crippen LogP contribution is 2.39. The lowest BCUT2D eigenvalue weighted by Gasteiger charge is -2.28. The third-order valence-electron chi connectivity index (χ3n) is 3.52. The van der Waals surface area contributed by atoms with Crippen molar-refractivity contribution in [3.8, 4) is 0 Å². The third kappa shape index (κ3) is 3.34. The van der Waals surface area contributed by atoms with E-state index >= 15 is 0 Å². The van der Waals surface area contributed by atoms with Crippen molar-refractivity contribution >= 4 is 0 Å². The zero-order valence-corrected chi connectivity index (χ0v) is 12.8. The van der Waals surface area contributed by atoms with Gasteiger partial charge in [-0.25, -0.2) is 0 Å². The van der Waals surface area contributed by atoms with Crippen LogP contribution in [0.4, 0.5) is 0 Å². The Hall–Kier alpha value is -0.780. The molecule has 0 aliphatic heterocycles. The van der Waals surface area contributed by atoms with Crippen LogP contribution in [-0.4, -0.2) is 0 Å². The first-order chi connectivity index (χ1) is 7.53. The minimum atomic E-state index is 0.224. The predicted octanol–water partition coefficient (Wildman–Crippen LogP) is 5.53. The van der Waals surface area contributed by atoms with Gasteiger partial charge in [0.1, 0.15) is 0 Å². The topological polar surface area (TPSA) is 0 Å². The molecule has 0 bridgehead atoms. The van der Waals surface area contributed by atoms with Crippen molar-refractivity contribution in [3.63, 3.8) is 0 Å². The quantitative estimate of drug-likeness (QED) is 0.515. The minimum absolute atomic E-state index is 0.224. The molecule has 1 unspecified atom stereocenters. The molecule has 0 amide bonds. The summed E-state index contributed by atoms with van der Waals surface area (Å²) < 4.78 is 0. The number of hydrogen-bond donors (Lipinski definition) is 0. The van der Waals surface area contributed by atoms with E-state index in [4.69, 9.17) is 0 Å². The molecule has 1 aliphatic rings. The summed E-state index contributed by atoms with van der Waals surface area (Å²) in [7, 11) is 0. The predicted molar refractivity (Wildman–Crippen MR) is 78.0 cm³/mol. The van der Waals surface area contributed by atoms with Gasteiger partial charge in [-0.15, -0.1) is 0 Å². The summed E-state index contributed by atoms with van der Waals surface area (Å²) in [5, 5.41) is 0. The number of hydrogen-bond acceptors (Lipinski definition) is 0. The second-order valence-electron chi connectivity index (χ2n) is 7.41. The molecule has 0 fully saturated rings. The fourth-order valence-electron chi connectivity index (χ4n) is 2.77. The molecule has 1 aliphatic carbocycles. The lowest BCUT2D eigenvalue weighted by molar-refractivity contribution is 0.342. The molecule has 0 N–H and O–H groups in total. The minimum Gasteiger partial charge on any atom is -0.0768 e. The van der Waals surface area contributed by atoms with E-state index in [0.717, 1.165) is 0 Å². The van der Waals surface area contributed by atoms with Gasteiger partial charge in [0, 0.05) is 5.92 Å². The molecule has 0 radical (unpaired) electrons. The van der Waals surface area contributed by atoms with Crippen LogP contribution in [0.2, 0.25) is 0 Å². The molecule has 0 heteroatoms. The summed E-state index contributed by atoms with van der Waals surface area (Å²) in [4.78, 5) is 0. The van der Waals surface area contributed by atoms with Gasteiger partial charge in [0.25, 0.3) is 0 Å². The maximum absolute atomic E-state index is 2.44. The summed E-state index contributed by atoms with van der Waals surface area (Å²) >= 11 is 0. The van der Waals surface area contributed by atoms with E-state index in [1.165, 1.54) is 16.7 Å². The Labute approximate surface area is 108 Å². The Morgan fingerprint density at radius 1 is 0.941 bits per heavy atom. The first-order valence-corrected chi connectivity index (χ1v) is 6.62. The fraction of sp³-hybridized carbons (Fsp3) is 0.647. The first kappa shape index (κ1) is 14.3. The van der Waals surface area contributed by atoms with Gasteiger partial charge in [-0.1, -0.05) is 65.3 Å². The summed E-state index contributed by atoms with van der Waals surface area (Å²) in [6.07, 6.45) is 7.11. The molecule has 0 saturated carbocycles. The van der Waals surface area contributed by atoms with Gasteiger partial charge in [-0.05, 0) is 35.8 Å². The molecule has 0 aromatic heterocycles. The van der Waals surface area contributed by atoms with Gasteiger partial charge < -0.3 is 0 Å². The second-order valence-corrected chi connectivity index (χ2v) is 7.41. The van der Waals surface area contributed by atoms with E-state index in [-0.39, 0.29) is 5.41 Å². The zero-order valence-electron chi connectivity index (χ0n) is 12.8. The molecule has 0 aromatic carbocycles. The molecule has 0 aromatic rings. The lowest BCUT2D eigenvalue weighted by Crippen LogP contribution is -2.17. The molecule has 0 heterocycles. The van der Waals surface area contributed by atoms with Gasteiger partial charge >= 0.3 is 0 Å². The maximum Gasteiger partial charge on any atom is 0.000416 e. The van der Waals surface area contributed by atoms with E-state index in [0.29, 0.717) is 11.3 Å². The van der Waals surface area contributed by atoms with Crippen LogP contribution in [-0.2, 0) is 0 Å². The van der Waals surface area contributed by atoms with Crippen LogP contribution in [0.25, 0.3) is 0 Å². The van der Waals surface area contributed by atoms with Crippen LogP contribution in [0.1, 0.15) is 55.4 Å². The van der Waals surface area contributed by atoms with Crippen LogP contribution in [0.15, 0.2) is 34.9 Å². The molecular formula is C17H28. The standard InChI is InChI=1S/C17H28/c1-12-9-10-14(16(3,4)5)11-13(2)15(12)17(6,7)8/h9-11,14H,1-8H3. The van der Waals surface area contributed by atoms with E-state index in [2.05, 4.69) is 73.6 Å². The highest BCUT2D eigenvalue weighted by Gasteiger charge is 2.26. The van der Waals surface area contributed by atoms with E-state index in [1.54, 1.807) is 0 Å². The number of rotatable bonds is 0. The van der Waals surface area contributed by atoms with E-state index < -0.39 is 0 Å². The molecule has 17 heavy (non-hydrogen) atoms. The highest BCUT2D eigenvalue weighted by molar-refractivity contribution is 5.44.